The number of nitrogens with one attached hydrogen (secondary N) is 1. The average Bonchev–Trinajstić information content (AvgIpc) is 3.05. The Balaban J connectivity index is 1.57. The Morgan fingerprint density at radius 1 is 1.12 bits per heavy atom. The molecule has 26 heavy (non-hydrogen) atoms. The fourth-order valence-electron chi connectivity index (χ4n) is 4.26. The van der Waals surface area contributed by atoms with Gasteiger partial charge in [-0.25, -0.2) is 15.0 Å². The van der Waals surface area contributed by atoms with Gasteiger partial charge in [0.1, 0.15) is 12.0 Å². The Morgan fingerprint density at radius 2 is 1.96 bits per heavy atom. The Bertz CT molecular complexity index is 918. The maximum absolute atomic E-state index is 6.80. The number of anilines is 1. The van der Waals surface area contributed by atoms with Crippen molar-refractivity contribution >= 4 is 16.7 Å². The minimum absolute atomic E-state index is 0.224. The van der Waals surface area contributed by atoms with Crippen LogP contribution >= 0.6 is 0 Å². The van der Waals surface area contributed by atoms with Crippen LogP contribution in [0.5, 0.6) is 0 Å². The van der Waals surface area contributed by atoms with Gasteiger partial charge in [-0.05, 0) is 25.3 Å². The van der Waals surface area contributed by atoms with Crippen molar-refractivity contribution in [2.45, 2.75) is 24.9 Å². The molecular weight excluding hydrogens is 326 g/mol. The summed E-state index contributed by atoms with van der Waals surface area (Å²) in [5.41, 5.74) is 10.7. The number of likely N-dealkylation sites (tertiary alicyclic amines) is 1. The van der Waals surface area contributed by atoms with E-state index in [2.05, 4.69) is 35.8 Å². The van der Waals surface area contributed by atoms with Crippen molar-refractivity contribution < 1.29 is 0 Å². The second-order valence-corrected chi connectivity index (χ2v) is 7.35. The first-order valence-corrected chi connectivity index (χ1v) is 9.25. The van der Waals surface area contributed by atoms with Crippen LogP contribution < -0.4 is 10.6 Å². The minimum atomic E-state index is -0.224. The van der Waals surface area contributed by atoms with E-state index in [0.717, 1.165) is 61.2 Å². The SMILES string of the molecule is N[C@]1(N2CCC2)CCCN(c2ccnc3[nH]cc(-c4cncnc4)c23)C1. The normalized spacial score (nSPS) is 24.0. The molecular formula is C19H23N7. The molecule has 2 saturated heterocycles. The highest BCUT2D eigenvalue weighted by Crippen LogP contribution is 2.37. The summed E-state index contributed by atoms with van der Waals surface area (Å²) in [6.45, 7) is 4.10. The van der Waals surface area contributed by atoms with E-state index in [-0.39, 0.29) is 5.66 Å². The third-order valence-corrected chi connectivity index (χ3v) is 5.75. The summed E-state index contributed by atoms with van der Waals surface area (Å²) in [6.07, 6.45) is 12.5. The largest absolute Gasteiger partial charge is 0.368 e. The molecule has 3 aromatic rings. The molecule has 0 spiro atoms. The number of aromatic amines is 1. The van der Waals surface area contributed by atoms with Crippen molar-refractivity contribution in [2.24, 2.45) is 5.73 Å². The maximum atomic E-state index is 6.80. The highest BCUT2D eigenvalue weighted by atomic mass is 15.4. The van der Waals surface area contributed by atoms with Crippen molar-refractivity contribution in [3.8, 4) is 11.1 Å². The number of fused-ring (bicyclic) bond motifs is 1. The maximum Gasteiger partial charge on any atom is 0.139 e. The highest BCUT2D eigenvalue weighted by molar-refractivity contribution is 6.02. The van der Waals surface area contributed by atoms with E-state index in [1.54, 1.807) is 6.33 Å². The van der Waals surface area contributed by atoms with Gasteiger partial charge < -0.3 is 15.6 Å². The molecule has 0 bridgehead atoms. The van der Waals surface area contributed by atoms with Crippen molar-refractivity contribution in [1.82, 2.24) is 24.8 Å². The van der Waals surface area contributed by atoms with Crippen LogP contribution in [0.3, 0.4) is 0 Å². The highest BCUT2D eigenvalue weighted by Gasteiger charge is 2.40. The third-order valence-electron chi connectivity index (χ3n) is 5.75. The van der Waals surface area contributed by atoms with Crippen LogP contribution in [0.25, 0.3) is 22.2 Å². The molecule has 7 nitrogen and oxygen atoms in total. The summed E-state index contributed by atoms with van der Waals surface area (Å²) >= 11 is 0. The van der Waals surface area contributed by atoms with E-state index in [4.69, 9.17) is 5.73 Å². The van der Waals surface area contributed by atoms with Gasteiger partial charge in [-0.15, -0.1) is 0 Å². The van der Waals surface area contributed by atoms with Crippen LogP contribution in [-0.2, 0) is 0 Å². The molecule has 5 rings (SSSR count). The van der Waals surface area contributed by atoms with Crippen LogP contribution in [0.1, 0.15) is 19.3 Å². The first kappa shape index (κ1) is 15.7. The number of aromatic nitrogens is 4. The number of hydrogen-bond donors (Lipinski definition) is 2. The molecule has 0 aromatic carbocycles. The number of nitrogens with zero attached hydrogens (tertiary/aromatic N) is 5. The second-order valence-electron chi connectivity index (χ2n) is 7.35. The summed E-state index contributed by atoms with van der Waals surface area (Å²) in [4.78, 5) is 21.0. The Kier molecular flexibility index (Phi) is 3.65. The molecule has 134 valence electrons. The quantitative estimate of drug-likeness (QED) is 0.752. The number of pyridine rings is 1. The topological polar surface area (TPSA) is 87.0 Å². The number of piperidine rings is 1. The molecule has 7 heteroatoms. The molecule has 0 saturated carbocycles. The van der Waals surface area contributed by atoms with Gasteiger partial charge in [0, 0.05) is 62.1 Å². The van der Waals surface area contributed by atoms with E-state index in [0.29, 0.717) is 0 Å². The number of hydrogen-bond acceptors (Lipinski definition) is 6. The molecule has 0 unspecified atom stereocenters. The summed E-state index contributed by atoms with van der Waals surface area (Å²) in [7, 11) is 0. The van der Waals surface area contributed by atoms with Gasteiger partial charge in [0.2, 0.25) is 0 Å². The zero-order valence-electron chi connectivity index (χ0n) is 14.7. The smallest absolute Gasteiger partial charge is 0.139 e. The lowest BCUT2D eigenvalue weighted by atomic mass is 9.93. The van der Waals surface area contributed by atoms with Crippen molar-refractivity contribution in [3.63, 3.8) is 0 Å². The van der Waals surface area contributed by atoms with Crippen molar-refractivity contribution in [2.75, 3.05) is 31.1 Å². The Morgan fingerprint density at radius 3 is 2.73 bits per heavy atom. The molecule has 3 aromatic heterocycles. The van der Waals surface area contributed by atoms with Crippen LogP contribution in [-0.4, -0.2) is 56.7 Å². The second kappa shape index (κ2) is 6.03. The van der Waals surface area contributed by atoms with Gasteiger partial charge in [-0.3, -0.25) is 4.90 Å². The first-order chi connectivity index (χ1) is 12.7. The summed E-state index contributed by atoms with van der Waals surface area (Å²) < 4.78 is 0. The van der Waals surface area contributed by atoms with E-state index in [9.17, 15) is 0 Å². The van der Waals surface area contributed by atoms with Gasteiger partial charge >= 0.3 is 0 Å². The summed E-state index contributed by atoms with van der Waals surface area (Å²) in [6, 6.07) is 2.10. The number of rotatable bonds is 3. The summed E-state index contributed by atoms with van der Waals surface area (Å²) in [5, 5.41) is 1.12. The molecule has 2 aliphatic rings. The Hall–Kier alpha value is -2.51. The average molecular weight is 349 g/mol. The number of H-pyrrole nitrogens is 1. The zero-order valence-corrected chi connectivity index (χ0v) is 14.7. The molecule has 0 radical (unpaired) electrons. The van der Waals surface area contributed by atoms with E-state index < -0.39 is 0 Å². The molecule has 3 N–H and O–H groups in total. The van der Waals surface area contributed by atoms with Gasteiger partial charge in [0.15, 0.2) is 0 Å². The zero-order chi connectivity index (χ0) is 17.6. The molecule has 0 aliphatic carbocycles. The van der Waals surface area contributed by atoms with Crippen molar-refractivity contribution in [1.29, 1.82) is 0 Å². The van der Waals surface area contributed by atoms with Gasteiger partial charge in [0.05, 0.1) is 16.7 Å². The lowest BCUT2D eigenvalue weighted by Crippen LogP contribution is -2.68. The van der Waals surface area contributed by atoms with Crippen LogP contribution in [0.15, 0.2) is 37.2 Å². The van der Waals surface area contributed by atoms with Crippen LogP contribution in [0.2, 0.25) is 0 Å². The van der Waals surface area contributed by atoms with E-state index in [1.807, 2.05) is 24.8 Å². The van der Waals surface area contributed by atoms with Crippen LogP contribution in [0.4, 0.5) is 5.69 Å². The molecule has 2 fully saturated rings. The lowest BCUT2D eigenvalue weighted by molar-refractivity contribution is 0.0221. The molecule has 2 aliphatic heterocycles. The van der Waals surface area contributed by atoms with Gasteiger partial charge in [-0.2, -0.15) is 0 Å². The van der Waals surface area contributed by atoms with E-state index >= 15 is 0 Å². The number of nitrogens with two attached hydrogens (primary N) is 1. The summed E-state index contributed by atoms with van der Waals surface area (Å²) in [5.74, 6) is 0. The first-order valence-electron chi connectivity index (χ1n) is 9.25. The standard InChI is InChI=1S/C19H23N7/c20-19(26-7-2-8-26)4-1-6-25(12-19)16-3-5-23-18-17(16)15(11-24-18)14-9-21-13-22-10-14/h3,5,9-11,13H,1-2,4,6-8,12,20H2,(H,23,24)/t19-/m0/s1. The van der Waals surface area contributed by atoms with Gasteiger partial charge in [-0.1, -0.05) is 0 Å². The van der Waals surface area contributed by atoms with E-state index in [1.165, 1.54) is 12.1 Å². The fraction of sp³-hybridized carbons (Fsp3) is 0.421. The predicted molar refractivity (Wildman–Crippen MR) is 102 cm³/mol. The molecule has 1 atom stereocenters. The van der Waals surface area contributed by atoms with Gasteiger partial charge in [0.25, 0.3) is 0 Å². The predicted octanol–water partition coefficient (Wildman–Crippen LogP) is 1.98. The minimum Gasteiger partial charge on any atom is -0.368 e. The molecule has 0 amide bonds. The Labute approximate surface area is 152 Å². The third kappa shape index (κ3) is 2.47. The lowest BCUT2D eigenvalue weighted by Gasteiger charge is -2.51. The van der Waals surface area contributed by atoms with Crippen LogP contribution in [0, 0.1) is 0 Å². The fourth-order valence-corrected chi connectivity index (χ4v) is 4.26. The van der Waals surface area contributed by atoms with Crippen molar-refractivity contribution in [3.05, 3.63) is 37.2 Å². The monoisotopic (exact) mass is 349 g/mol. The molecule has 5 heterocycles.